The zero-order valence-corrected chi connectivity index (χ0v) is 13.4. The number of aryl methyl sites for hydroxylation is 1. The number of carbonyl (C=O) groups is 1. The number of amides is 1. The van der Waals surface area contributed by atoms with Crippen LogP contribution in [0.25, 0.3) is 0 Å². The SMILES string of the molecule is CCc1ccsc1CNC(=O)c1cc(I)ccc1O. The molecule has 1 heterocycles. The first-order chi connectivity index (χ1) is 9.11. The van der Waals surface area contributed by atoms with Crippen molar-refractivity contribution >= 4 is 39.8 Å². The Morgan fingerprint density at radius 2 is 2.21 bits per heavy atom. The second-order valence-electron chi connectivity index (χ2n) is 4.07. The number of hydrogen-bond acceptors (Lipinski definition) is 3. The largest absolute Gasteiger partial charge is 0.507 e. The van der Waals surface area contributed by atoms with Crippen LogP contribution < -0.4 is 5.32 Å². The average Bonchev–Trinajstić information content (AvgIpc) is 2.86. The lowest BCUT2D eigenvalue weighted by Crippen LogP contribution is -2.23. The number of phenolic OH excluding ortho intramolecular Hbond substituents is 1. The van der Waals surface area contributed by atoms with Gasteiger partial charge in [-0.15, -0.1) is 11.3 Å². The van der Waals surface area contributed by atoms with Gasteiger partial charge in [0.2, 0.25) is 0 Å². The standard InChI is InChI=1S/C14H14INO2S/c1-2-9-5-6-19-13(9)8-16-14(18)11-7-10(15)3-4-12(11)17/h3-7,17H,2,8H2,1H3,(H,16,18). The lowest BCUT2D eigenvalue weighted by atomic mass is 10.2. The minimum absolute atomic E-state index is 0.0137. The van der Waals surface area contributed by atoms with E-state index in [1.54, 1.807) is 29.5 Å². The highest BCUT2D eigenvalue weighted by atomic mass is 127. The van der Waals surface area contributed by atoms with Crippen molar-refractivity contribution in [2.24, 2.45) is 0 Å². The highest BCUT2D eigenvalue weighted by molar-refractivity contribution is 14.1. The molecule has 0 saturated carbocycles. The van der Waals surface area contributed by atoms with Crippen molar-refractivity contribution in [1.82, 2.24) is 5.32 Å². The smallest absolute Gasteiger partial charge is 0.255 e. The van der Waals surface area contributed by atoms with E-state index >= 15 is 0 Å². The van der Waals surface area contributed by atoms with E-state index in [-0.39, 0.29) is 11.7 Å². The van der Waals surface area contributed by atoms with Crippen molar-refractivity contribution in [3.05, 3.63) is 49.2 Å². The molecule has 0 aliphatic heterocycles. The van der Waals surface area contributed by atoms with Crippen molar-refractivity contribution in [3.63, 3.8) is 0 Å². The van der Waals surface area contributed by atoms with Crippen LogP contribution in [-0.4, -0.2) is 11.0 Å². The van der Waals surface area contributed by atoms with Crippen molar-refractivity contribution < 1.29 is 9.90 Å². The second kappa shape index (κ2) is 6.38. The number of hydrogen-bond donors (Lipinski definition) is 2. The van der Waals surface area contributed by atoms with Gasteiger partial charge in [-0.3, -0.25) is 4.79 Å². The Bertz CT molecular complexity index is 595. The van der Waals surface area contributed by atoms with E-state index in [0.29, 0.717) is 12.1 Å². The van der Waals surface area contributed by atoms with Gasteiger partial charge >= 0.3 is 0 Å². The normalized spacial score (nSPS) is 10.4. The lowest BCUT2D eigenvalue weighted by molar-refractivity contribution is 0.0948. The molecule has 1 amide bonds. The number of rotatable bonds is 4. The quantitative estimate of drug-likeness (QED) is 0.789. The molecular formula is C14H14INO2S. The predicted octanol–water partition coefficient (Wildman–Crippen LogP) is 3.55. The highest BCUT2D eigenvalue weighted by Crippen LogP contribution is 2.21. The molecule has 0 bridgehead atoms. The fraction of sp³-hybridized carbons (Fsp3) is 0.214. The van der Waals surface area contributed by atoms with Crippen LogP contribution in [0.2, 0.25) is 0 Å². The molecule has 1 aromatic heterocycles. The van der Waals surface area contributed by atoms with Gasteiger partial charge in [-0.2, -0.15) is 0 Å². The summed E-state index contributed by atoms with van der Waals surface area (Å²) in [6, 6.07) is 7.07. The van der Waals surface area contributed by atoms with E-state index in [2.05, 4.69) is 40.9 Å². The van der Waals surface area contributed by atoms with Crippen LogP contribution in [0.4, 0.5) is 0 Å². The zero-order chi connectivity index (χ0) is 13.8. The van der Waals surface area contributed by atoms with E-state index in [4.69, 9.17) is 0 Å². The fourth-order valence-corrected chi connectivity index (χ4v) is 3.19. The summed E-state index contributed by atoms with van der Waals surface area (Å²) in [5.74, 6) is -0.230. The van der Waals surface area contributed by atoms with Crippen LogP contribution in [0.3, 0.4) is 0 Å². The van der Waals surface area contributed by atoms with Gasteiger partial charge in [0.1, 0.15) is 5.75 Å². The summed E-state index contributed by atoms with van der Waals surface area (Å²) in [6.07, 6.45) is 0.961. The summed E-state index contributed by atoms with van der Waals surface area (Å²) >= 11 is 3.76. The Labute approximate surface area is 129 Å². The van der Waals surface area contributed by atoms with Crippen LogP contribution in [0.5, 0.6) is 5.75 Å². The summed E-state index contributed by atoms with van der Waals surface area (Å²) in [5.41, 5.74) is 1.58. The van der Waals surface area contributed by atoms with Crippen molar-refractivity contribution in [2.45, 2.75) is 19.9 Å². The number of thiophene rings is 1. The molecule has 5 heteroatoms. The molecule has 19 heavy (non-hydrogen) atoms. The van der Waals surface area contributed by atoms with E-state index < -0.39 is 0 Å². The summed E-state index contributed by atoms with van der Waals surface area (Å²) < 4.78 is 0.922. The molecule has 0 aliphatic carbocycles. The molecule has 2 aromatic rings. The van der Waals surface area contributed by atoms with Crippen LogP contribution in [0, 0.1) is 3.57 Å². The maximum Gasteiger partial charge on any atom is 0.255 e. The Kier molecular flexibility index (Phi) is 4.81. The minimum atomic E-state index is -0.244. The first kappa shape index (κ1) is 14.3. The van der Waals surface area contributed by atoms with Crippen LogP contribution >= 0.6 is 33.9 Å². The van der Waals surface area contributed by atoms with E-state index in [1.165, 1.54) is 10.4 Å². The molecule has 0 radical (unpaired) electrons. The van der Waals surface area contributed by atoms with Crippen LogP contribution in [0.15, 0.2) is 29.6 Å². The predicted molar refractivity (Wildman–Crippen MR) is 85.7 cm³/mol. The fourth-order valence-electron chi connectivity index (χ4n) is 1.78. The summed E-state index contributed by atoms with van der Waals surface area (Å²) in [4.78, 5) is 13.2. The Morgan fingerprint density at radius 3 is 2.95 bits per heavy atom. The number of phenols is 1. The van der Waals surface area contributed by atoms with Crippen LogP contribution in [-0.2, 0) is 13.0 Å². The monoisotopic (exact) mass is 387 g/mol. The molecule has 0 aliphatic rings. The average molecular weight is 387 g/mol. The minimum Gasteiger partial charge on any atom is -0.507 e. The summed E-state index contributed by atoms with van der Waals surface area (Å²) in [7, 11) is 0. The van der Waals surface area contributed by atoms with E-state index in [9.17, 15) is 9.90 Å². The number of nitrogens with one attached hydrogen (secondary N) is 1. The molecule has 0 atom stereocenters. The molecule has 1 aromatic carbocycles. The zero-order valence-electron chi connectivity index (χ0n) is 10.4. The van der Waals surface area contributed by atoms with Crippen molar-refractivity contribution in [3.8, 4) is 5.75 Å². The van der Waals surface area contributed by atoms with Gasteiger partial charge in [-0.1, -0.05) is 6.92 Å². The van der Waals surface area contributed by atoms with Gasteiger partial charge in [0, 0.05) is 8.45 Å². The molecule has 0 saturated heterocycles. The topological polar surface area (TPSA) is 49.3 Å². The molecule has 0 spiro atoms. The Balaban J connectivity index is 2.07. The van der Waals surface area contributed by atoms with Gasteiger partial charge in [0.05, 0.1) is 12.1 Å². The first-order valence-corrected chi connectivity index (χ1v) is 7.89. The summed E-state index contributed by atoms with van der Waals surface area (Å²) in [6.45, 7) is 2.60. The number of halogens is 1. The first-order valence-electron chi connectivity index (χ1n) is 5.93. The Morgan fingerprint density at radius 1 is 1.42 bits per heavy atom. The third-order valence-electron chi connectivity index (χ3n) is 2.83. The molecule has 100 valence electrons. The molecule has 0 unspecified atom stereocenters. The van der Waals surface area contributed by atoms with Gasteiger partial charge < -0.3 is 10.4 Å². The lowest BCUT2D eigenvalue weighted by Gasteiger charge is -2.07. The molecular weight excluding hydrogens is 373 g/mol. The number of benzene rings is 1. The molecule has 0 fully saturated rings. The van der Waals surface area contributed by atoms with Gasteiger partial charge in [0.15, 0.2) is 0 Å². The molecule has 2 N–H and O–H groups in total. The summed E-state index contributed by atoms with van der Waals surface area (Å²) in [5, 5.41) is 14.6. The van der Waals surface area contributed by atoms with Gasteiger partial charge in [-0.25, -0.2) is 0 Å². The third-order valence-corrected chi connectivity index (χ3v) is 4.47. The van der Waals surface area contributed by atoms with Crippen molar-refractivity contribution in [2.75, 3.05) is 0 Å². The third kappa shape index (κ3) is 3.48. The van der Waals surface area contributed by atoms with Gasteiger partial charge in [0.25, 0.3) is 5.91 Å². The van der Waals surface area contributed by atoms with Crippen molar-refractivity contribution in [1.29, 1.82) is 0 Å². The number of carbonyl (C=O) groups excluding carboxylic acids is 1. The van der Waals surface area contributed by atoms with Crippen LogP contribution in [0.1, 0.15) is 27.7 Å². The van der Waals surface area contributed by atoms with E-state index in [1.807, 2.05) is 5.38 Å². The molecule has 3 nitrogen and oxygen atoms in total. The van der Waals surface area contributed by atoms with E-state index in [0.717, 1.165) is 9.99 Å². The Hall–Kier alpha value is -1.08. The number of aromatic hydroxyl groups is 1. The maximum atomic E-state index is 12.0. The highest BCUT2D eigenvalue weighted by Gasteiger charge is 2.12. The maximum absolute atomic E-state index is 12.0. The van der Waals surface area contributed by atoms with Gasteiger partial charge in [-0.05, 0) is 64.2 Å². The second-order valence-corrected chi connectivity index (χ2v) is 6.31. The molecule has 2 rings (SSSR count).